The van der Waals surface area contributed by atoms with Crippen LogP contribution in [0.2, 0.25) is 0 Å². The molecule has 0 radical (unpaired) electrons. The van der Waals surface area contributed by atoms with Gasteiger partial charge < -0.3 is 64.2 Å². The van der Waals surface area contributed by atoms with Gasteiger partial charge in [0.1, 0.15) is 55.4 Å². The molecular formula is C53H86O15. The number of carbonyl (C=O) groups is 2. The van der Waals surface area contributed by atoms with Crippen molar-refractivity contribution in [3.8, 4) is 0 Å². The van der Waals surface area contributed by atoms with Crippen LogP contribution in [0.1, 0.15) is 142 Å². The first-order valence-electron chi connectivity index (χ1n) is 25.2. The minimum atomic E-state index is -1.78. The molecule has 0 aromatic rings. The highest BCUT2D eigenvalue weighted by molar-refractivity contribution is 5.70. The summed E-state index contributed by atoms with van der Waals surface area (Å²) in [7, 11) is 0. The molecule has 5 unspecified atom stereocenters. The van der Waals surface area contributed by atoms with Crippen molar-refractivity contribution in [3.05, 3.63) is 85.1 Å². The number of unbranched alkanes of at least 4 members (excludes halogenated alkanes) is 12. The first-order chi connectivity index (χ1) is 33.0. The lowest BCUT2D eigenvalue weighted by molar-refractivity contribution is -0.332. The Bertz CT molecular complexity index is 1510. The van der Waals surface area contributed by atoms with Gasteiger partial charge in [-0.3, -0.25) is 9.59 Å². The second kappa shape index (κ2) is 39.4. The summed E-state index contributed by atoms with van der Waals surface area (Å²) < 4.78 is 33.5. The van der Waals surface area contributed by atoms with Crippen LogP contribution in [0.3, 0.4) is 0 Å². The molecule has 2 heterocycles. The Balaban J connectivity index is 1.81. The van der Waals surface area contributed by atoms with Crippen molar-refractivity contribution < 1.29 is 73.8 Å². The number of hydrogen-bond acceptors (Lipinski definition) is 15. The fraction of sp³-hybridized carbons (Fsp3) is 0.698. The predicted octanol–water partition coefficient (Wildman–Crippen LogP) is 6.82. The zero-order valence-corrected chi connectivity index (χ0v) is 40.8. The monoisotopic (exact) mass is 963 g/mol. The summed E-state index contributed by atoms with van der Waals surface area (Å²) in [5.41, 5.74) is 0. The van der Waals surface area contributed by atoms with Crippen LogP contribution < -0.4 is 0 Å². The van der Waals surface area contributed by atoms with Crippen molar-refractivity contribution in [1.82, 2.24) is 0 Å². The zero-order chi connectivity index (χ0) is 49.6. The predicted molar refractivity (Wildman–Crippen MR) is 261 cm³/mol. The van der Waals surface area contributed by atoms with E-state index in [4.69, 9.17) is 28.4 Å². The van der Waals surface area contributed by atoms with E-state index in [2.05, 4.69) is 62.5 Å². The summed E-state index contributed by atoms with van der Waals surface area (Å²) in [5.74, 6) is -0.986. The summed E-state index contributed by atoms with van der Waals surface area (Å²) >= 11 is 0. The van der Waals surface area contributed by atoms with Gasteiger partial charge in [-0.15, -0.1) is 0 Å². The molecule has 2 aliphatic heterocycles. The van der Waals surface area contributed by atoms with Crippen molar-refractivity contribution in [2.75, 3.05) is 26.4 Å². The molecule has 0 aliphatic carbocycles. The quantitative estimate of drug-likeness (QED) is 0.0147. The van der Waals surface area contributed by atoms with Crippen molar-refractivity contribution in [2.24, 2.45) is 0 Å². The third-order valence-corrected chi connectivity index (χ3v) is 11.5. The van der Waals surface area contributed by atoms with Crippen LogP contribution in [0, 0.1) is 0 Å². The van der Waals surface area contributed by atoms with Gasteiger partial charge in [0.2, 0.25) is 0 Å². The molecule has 2 fully saturated rings. The molecule has 2 saturated heterocycles. The lowest BCUT2D eigenvalue weighted by atomic mass is 9.98. The molecule has 0 spiro atoms. The highest BCUT2D eigenvalue weighted by atomic mass is 16.7. The summed E-state index contributed by atoms with van der Waals surface area (Å²) in [5, 5.41) is 72.0. The van der Waals surface area contributed by atoms with Gasteiger partial charge in [0.25, 0.3) is 0 Å². The van der Waals surface area contributed by atoms with Crippen molar-refractivity contribution in [2.45, 2.75) is 210 Å². The highest BCUT2D eigenvalue weighted by Gasteiger charge is 2.47. The Morgan fingerprint density at radius 3 is 1.57 bits per heavy atom. The third kappa shape index (κ3) is 27.2. The maximum absolute atomic E-state index is 13.0. The topological polar surface area (TPSA) is 231 Å². The average Bonchev–Trinajstić information content (AvgIpc) is 3.33. The SMILES string of the molecule is CC/C=C/C=C/C=C/C=C/CCCCCC(=O)OC(COC(=O)CCCCCCCCCCC/C=C/C/C=C/C/C=C/CC)CO[C@@H]1O[C@H](CO[C@@H]2O[C@H](CO)[C@H](O)C(O)C2O)[C@H](O)C(O)C1O. The molecule has 2 rings (SSSR count). The third-order valence-electron chi connectivity index (χ3n) is 11.5. The van der Waals surface area contributed by atoms with Crippen molar-refractivity contribution in [3.63, 3.8) is 0 Å². The molecule has 0 bridgehead atoms. The molecule has 0 saturated carbocycles. The Hall–Kier alpha value is -3.32. The molecular weight excluding hydrogens is 877 g/mol. The number of allylic oxidation sites excluding steroid dienone is 14. The Labute approximate surface area is 405 Å². The maximum Gasteiger partial charge on any atom is 0.306 e. The van der Waals surface area contributed by atoms with Gasteiger partial charge in [-0.1, -0.05) is 150 Å². The normalized spacial score (nSPS) is 26.5. The number of aliphatic hydroxyl groups excluding tert-OH is 7. The first-order valence-corrected chi connectivity index (χ1v) is 25.2. The van der Waals surface area contributed by atoms with Crippen LogP contribution >= 0.6 is 0 Å². The molecule has 15 heteroatoms. The number of hydrogen-bond donors (Lipinski definition) is 7. The van der Waals surface area contributed by atoms with Crippen molar-refractivity contribution >= 4 is 11.9 Å². The molecule has 0 aromatic carbocycles. The van der Waals surface area contributed by atoms with Gasteiger partial charge in [0.05, 0.1) is 19.8 Å². The van der Waals surface area contributed by atoms with Crippen LogP contribution in [-0.2, 0) is 38.0 Å². The van der Waals surface area contributed by atoms with Crippen LogP contribution in [0.4, 0.5) is 0 Å². The smallest absolute Gasteiger partial charge is 0.306 e. The lowest BCUT2D eigenvalue weighted by Gasteiger charge is -2.42. The van der Waals surface area contributed by atoms with Gasteiger partial charge >= 0.3 is 11.9 Å². The van der Waals surface area contributed by atoms with E-state index < -0.39 is 99.3 Å². The van der Waals surface area contributed by atoms with E-state index in [9.17, 15) is 45.3 Å². The number of carbonyl (C=O) groups excluding carboxylic acids is 2. The van der Waals surface area contributed by atoms with Gasteiger partial charge in [0, 0.05) is 12.8 Å². The summed E-state index contributed by atoms with van der Waals surface area (Å²) in [4.78, 5) is 25.7. The minimum Gasteiger partial charge on any atom is -0.462 e. The molecule has 2 aliphatic rings. The van der Waals surface area contributed by atoms with E-state index >= 15 is 0 Å². The lowest BCUT2D eigenvalue weighted by Crippen LogP contribution is -2.61. The fourth-order valence-corrected chi connectivity index (χ4v) is 7.36. The van der Waals surface area contributed by atoms with Gasteiger partial charge in [-0.2, -0.15) is 0 Å². The second-order valence-corrected chi connectivity index (χ2v) is 17.3. The molecule has 0 amide bonds. The molecule has 15 nitrogen and oxygen atoms in total. The largest absolute Gasteiger partial charge is 0.462 e. The van der Waals surface area contributed by atoms with E-state index in [0.717, 1.165) is 77.0 Å². The summed E-state index contributed by atoms with van der Waals surface area (Å²) in [6, 6.07) is 0. The number of rotatable bonds is 37. The Kier molecular flexibility index (Phi) is 35.2. The van der Waals surface area contributed by atoms with Crippen LogP contribution in [-0.4, -0.2) is 142 Å². The van der Waals surface area contributed by atoms with Crippen LogP contribution in [0.25, 0.3) is 0 Å². The number of esters is 2. The van der Waals surface area contributed by atoms with Gasteiger partial charge in [0.15, 0.2) is 18.7 Å². The number of aliphatic hydroxyl groups is 7. The van der Waals surface area contributed by atoms with E-state index in [0.29, 0.717) is 12.8 Å². The maximum atomic E-state index is 13.0. The van der Waals surface area contributed by atoms with Gasteiger partial charge in [-0.05, 0) is 64.2 Å². The summed E-state index contributed by atoms with van der Waals surface area (Å²) in [6.45, 7) is 2.26. The second-order valence-electron chi connectivity index (χ2n) is 17.3. The fourth-order valence-electron chi connectivity index (χ4n) is 7.36. The van der Waals surface area contributed by atoms with E-state index in [1.165, 1.54) is 25.7 Å². The zero-order valence-electron chi connectivity index (χ0n) is 40.8. The van der Waals surface area contributed by atoms with E-state index in [1.54, 1.807) is 0 Å². The Morgan fingerprint density at radius 1 is 0.485 bits per heavy atom. The van der Waals surface area contributed by atoms with Crippen LogP contribution in [0.15, 0.2) is 85.1 Å². The molecule has 11 atom stereocenters. The first kappa shape index (κ1) is 60.8. The van der Waals surface area contributed by atoms with Gasteiger partial charge in [-0.25, -0.2) is 0 Å². The minimum absolute atomic E-state index is 0.113. The van der Waals surface area contributed by atoms with E-state index in [1.807, 2.05) is 36.5 Å². The molecule has 68 heavy (non-hydrogen) atoms. The molecule has 0 aromatic heterocycles. The standard InChI is InChI=1S/C53H86O15/c1-3-5-7-9-11-13-15-17-18-19-20-21-22-24-25-27-29-31-33-35-44(55)63-38-41(66-45(56)36-34-32-30-28-26-23-16-14-12-10-8-6-4-2)39-64-52-51(62)49(60)47(58)43(68-52)40-65-53-50(61)48(59)46(57)42(37-54)67-53/h5-8,10-14,16-18,23,26,41-43,46-54,57-62H,3-4,9,15,19-22,24-25,27-40H2,1-2H3/b7-5+,8-6+,12-10+,13-11+,16-14+,18-17+,26-23+/t41?,42-,43-,46+,47+,48?,49?,50?,51?,52-,53-/m1/s1. The molecule has 7 N–H and O–H groups in total. The average molecular weight is 963 g/mol. The molecule has 388 valence electrons. The van der Waals surface area contributed by atoms with E-state index in [-0.39, 0.29) is 19.4 Å². The highest BCUT2D eigenvalue weighted by Crippen LogP contribution is 2.26. The summed E-state index contributed by atoms with van der Waals surface area (Å²) in [6.07, 6.45) is 30.5. The van der Waals surface area contributed by atoms with Crippen LogP contribution in [0.5, 0.6) is 0 Å². The number of ether oxygens (including phenoxy) is 6. The Morgan fingerprint density at radius 2 is 0.956 bits per heavy atom. The van der Waals surface area contributed by atoms with Crippen molar-refractivity contribution in [1.29, 1.82) is 0 Å².